The van der Waals surface area contributed by atoms with E-state index in [-0.39, 0.29) is 50.1 Å². The van der Waals surface area contributed by atoms with Crippen molar-refractivity contribution in [1.29, 1.82) is 0 Å². The van der Waals surface area contributed by atoms with Gasteiger partial charge in [0.25, 0.3) is 5.69 Å². The molecule has 12 heteroatoms. The average molecular weight is 481 g/mol. The molecule has 1 aromatic heterocycles. The zero-order chi connectivity index (χ0) is 23.6. The Morgan fingerprint density at radius 1 is 1.16 bits per heavy atom. The summed E-state index contributed by atoms with van der Waals surface area (Å²) in [4.78, 5) is 32.8. The maximum absolute atomic E-state index is 15.0. The summed E-state index contributed by atoms with van der Waals surface area (Å²) in [7, 11) is 3.82. The van der Waals surface area contributed by atoms with E-state index < -0.39 is 16.7 Å². The van der Waals surface area contributed by atoms with Gasteiger partial charge in [-0.15, -0.1) is 0 Å². The third-order valence-electron chi connectivity index (χ3n) is 4.46. The molecule has 2 aromatic carbocycles. The van der Waals surface area contributed by atoms with Gasteiger partial charge in [-0.05, 0) is 18.2 Å². The molecule has 0 aliphatic heterocycles. The van der Waals surface area contributed by atoms with Crippen LogP contribution in [0.1, 0.15) is 10.5 Å². The number of benzene rings is 2. The first kappa shape index (κ1) is 23.2. The molecular formula is C20H15Cl2FN4O5. The molecule has 1 heterocycles. The molecule has 0 aliphatic carbocycles. The molecule has 166 valence electrons. The van der Waals surface area contributed by atoms with Crippen LogP contribution >= 0.6 is 23.2 Å². The van der Waals surface area contributed by atoms with E-state index >= 15 is 4.39 Å². The van der Waals surface area contributed by atoms with Gasteiger partial charge in [0.2, 0.25) is 0 Å². The summed E-state index contributed by atoms with van der Waals surface area (Å²) in [6, 6.07) is 8.53. The number of hydrogen-bond acceptors (Lipinski definition) is 8. The second kappa shape index (κ2) is 9.33. The van der Waals surface area contributed by atoms with Crippen molar-refractivity contribution in [3.63, 3.8) is 0 Å². The molecular weight excluding hydrogens is 466 g/mol. The molecule has 0 N–H and O–H groups in total. The molecule has 0 atom stereocenters. The number of carbonyl (C=O) groups is 1. The summed E-state index contributed by atoms with van der Waals surface area (Å²) in [6.07, 6.45) is 0. The highest BCUT2D eigenvalue weighted by molar-refractivity contribution is 6.35. The Labute approximate surface area is 191 Å². The molecule has 0 bridgehead atoms. The van der Waals surface area contributed by atoms with Gasteiger partial charge in [0, 0.05) is 13.1 Å². The van der Waals surface area contributed by atoms with Crippen LogP contribution < -0.4 is 9.64 Å². The lowest BCUT2D eigenvalue weighted by atomic mass is 10.1. The SMILES string of the molecule is COC(=O)c1nc(-c2ccc(Cl)c(OC)c2F)nc(N(C)c2ccccc2[N+](=O)[O-])c1Cl. The number of carbonyl (C=O) groups excluding carboxylic acids is 1. The first-order chi connectivity index (χ1) is 15.2. The predicted octanol–water partition coefficient (Wildman–Crippen LogP) is 5.06. The Balaban J connectivity index is 2.29. The Bertz CT molecular complexity index is 1220. The smallest absolute Gasteiger partial charge is 0.358 e. The molecule has 0 aliphatic rings. The minimum Gasteiger partial charge on any atom is -0.492 e. The third kappa shape index (κ3) is 4.14. The van der Waals surface area contributed by atoms with Gasteiger partial charge in [-0.2, -0.15) is 0 Å². The fraction of sp³-hybridized carbons (Fsp3) is 0.150. The Kier molecular flexibility index (Phi) is 6.75. The van der Waals surface area contributed by atoms with Crippen molar-refractivity contribution in [3.05, 3.63) is 68.1 Å². The van der Waals surface area contributed by atoms with Gasteiger partial charge in [-0.1, -0.05) is 35.3 Å². The van der Waals surface area contributed by atoms with E-state index in [0.29, 0.717) is 0 Å². The highest BCUT2D eigenvalue weighted by atomic mass is 35.5. The maximum Gasteiger partial charge on any atom is 0.358 e. The zero-order valence-electron chi connectivity index (χ0n) is 16.9. The Morgan fingerprint density at radius 3 is 2.47 bits per heavy atom. The van der Waals surface area contributed by atoms with E-state index in [1.165, 1.54) is 49.4 Å². The molecule has 9 nitrogen and oxygen atoms in total. The van der Waals surface area contributed by atoms with Crippen LogP contribution in [0.15, 0.2) is 36.4 Å². The number of para-hydroxylation sites is 2. The largest absolute Gasteiger partial charge is 0.492 e. The van der Waals surface area contributed by atoms with Crippen LogP contribution in [0.25, 0.3) is 11.4 Å². The van der Waals surface area contributed by atoms with Crippen LogP contribution in [0.2, 0.25) is 10.0 Å². The van der Waals surface area contributed by atoms with Crippen LogP contribution in [0.3, 0.4) is 0 Å². The van der Waals surface area contributed by atoms with E-state index in [0.717, 1.165) is 7.11 Å². The number of aromatic nitrogens is 2. The summed E-state index contributed by atoms with van der Waals surface area (Å²) >= 11 is 12.3. The number of anilines is 2. The van der Waals surface area contributed by atoms with Crippen molar-refractivity contribution in [2.24, 2.45) is 0 Å². The highest BCUT2D eigenvalue weighted by Gasteiger charge is 2.27. The minimum atomic E-state index is -0.905. The van der Waals surface area contributed by atoms with Gasteiger partial charge >= 0.3 is 5.97 Å². The van der Waals surface area contributed by atoms with Gasteiger partial charge in [-0.25, -0.2) is 19.2 Å². The average Bonchev–Trinajstić information content (AvgIpc) is 2.78. The third-order valence-corrected chi connectivity index (χ3v) is 5.11. The lowest BCUT2D eigenvalue weighted by Crippen LogP contribution is -2.17. The highest BCUT2D eigenvalue weighted by Crippen LogP contribution is 2.39. The van der Waals surface area contributed by atoms with Gasteiger partial charge in [0.15, 0.2) is 28.9 Å². The fourth-order valence-electron chi connectivity index (χ4n) is 2.92. The number of hydrogen-bond donors (Lipinski definition) is 0. The van der Waals surface area contributed by atoms with Crippen LogP contribution in [-0.4, -0.2) is 42.1 Å². The summed E-state index contributed by atoms with van der Waals surface area (Å²) in [5.74, 6) is -2.33. The van der Waals surface area contributed by atoms with Crippen LogP contribution in [0.5, 0.6) is 5.75 Å². The summed E-state index contributed by atoms with van der Waals surface area (Å²) in [5.41, 5.74) is -0.586. The predicted molar refractivity (Wildman–Crippen MR) is 116 cm³/mol. The number of nitro benzene ring substituents is 1. The Hall–Kier alpha value is -3.50. The molecule has 0 fully saturated rings. The lowest BCUT2D eigenvalue weighted by Gasteiger charge is -2.21. The molecule has 3 rings (SSSR count). The molecule has 0 spiro atoms. The number of methoxy groups -OCH3 is 2. The van der Waals surface area contributed by atoms with Crippen molar-refractivity contribution in [3.8, 4) is 17.1 Å². The quantitative estimate of drug-likeness (QED) is 0.273. The van der Waals surface area contributed by atoms with Crippen LogP contribution in [-0.2, 0) is 4.74 Å². The summed E-state index contributed by atoms with van der Waals surface area (Å²) in [6.45, 7) is 0. The number of nitro groups is 1. The van der Waals surface area contributed by atoms with Crippen molar-refractivity contribution < 1.29 is 23.6 Å². The normalized spacial score (nSPS) is 10.6. The molecule has 3 aromatic rings. The number of halogens is 3. The molecule has 32 heavy (non-hydrogen) atoms. The van der Waals surface area contributed by atoms with Gasteiger partial charge in [0.05, 0.1) is 29.7 Å². The standard InChI is InChI=1S/C20H15Cl2FN4O5/c1-26(12-6-4-5-7-13(12)27(29)30)19-14(22)16(20(28)32-3)24-18(25-19)10-8-9-11(21)17(31-2)15(10)23/h4-9H,1-3H3. The first-order valence-corrected chi connectivity index (χ1v) is 9.62. The monoisotopic (exact) mass is 480 g/mol. The Morgan fingerprint density at radius 2 is 1.84 bits per heavy atom. The molecule has 0 saturated carbocycles. The van der Waals surface area contributed by atoms with Crippen molar-refractivity contribution in [1.82, 2.24) is 9.97 Å². The topological polar surface area (TPSA) is 108 Å². The first-order valence-electron chi connectivity index (χ1n) is 8.86. The van der Waals surface area contributed by atoms with E-state index in [1.807, 2.05) is 0 Å². The fourth-order valence-corrected chi connectivity index (χ4v) is 3.43. The number of esters is 1. The molecule has 0 radical (unpaired) electrons. The second-order valence-electron chi connectivity index (χ2n) is 6.27. The van der Waals surface area contributed by atoms with E-state index in [9.17, 15) is 14.9 Å². The number of ether oxygens (including phenoxy) is 2. The lowest BCUT2D eigenvalue weighted by molar-refractivity contribution is -0.384. The zero-order valence-corrected chi connectivity index (χ0v) is 18.4. The minimum absolute atomic E-state index is 0.0214. The van der Waals surface area contributed by atoms with Crippen molar-refractivity contribution in [2.75, 3.05) is 26.2 Å². The van der Waals surface area contributed by atoms with E-state index in [2.05, 4.69) is 9.97 Å². The van der Waals surface area contributed by atoms with E-state index in [1.54, 1.807) is 6.07 Å². The number of nitrogens with zero attached hydrogens (tertiary/aromatic N) is 4. The number of rotatable bonds is 6. The van der Waals surface area contributed by atoms with Crippen molar-refractivity contribution >= 4 is 46.4 Å². The van der Waals surface area contributed by atoms with Gasteiger partial charge < -0.3 is 14.4 Å². The summed E-state index contributed by atoms with van der Waals surface area (Å²) < 4.78 is 24.7. The second-order valence-corrected chi connectivity index (χ2v) is 7.06. The van der Waals surface area contributed by atoms with Crippen LogP contribution in [0, 0.1) is 15.9 Å². The van der Waals surface area contributed by atoms with Crippen molar-refractivity contribution in [2.45, 2.75) is 0 Å². The van der Waals surface area contributed by atoms with E-state index in [4.69, 9.17) is 32.7 Å². The van der Waals surface area contributed by atoms with Crippen LogP contribution in [0.4, 0.5) is 21.6 Å². The molecule has 0 saturated heterocycles. The molecule has 0 amide bonds. The van der Waals surface area contributed by atoms with Gasteiger partial charge in [0.1, 0.15) is 10.7 Å². The maximum atomic E-state index is 15.0. The van der Waals surface area contributed by atoms with Gasteiger partial charge in [-0.3, -0.25) is 10.1 Å². The molecule has 0 unspecified atom stereocenters. The summed E-state index contributed by atoms with van der Waals surface area (Å²) in [5, 5.41) is 11.3.